The molecule has 0 aliphatic carbocycles. The summed E-state index contributed by atoms with van der Waals surface area (Å²) in [6.45, 7) is 6.45. The lowest BCUT2D eigenvalue weighted by molar-refractivity contribution is -0.124. The van der Waals surface area contributed by atoms with E-state index in [9.17, 15) is 4.79 Å². The number of unbranched alkanes of at least 4 members (excludes halogenated alkanes) is 1. The quantitative estimate of drug-likeness (QED) is 0.743. The van der Waals surface area contributed by atoms with Gasteiger partial charge in [-0.25, -0.2) is 4.98 Å². The predicted octanol–water partition coefficient (Wildman–Crippen LogP) is 1.87. The number of thiazole rings is 1. The van der Waals surface area contributed by atoms with E-state index in [0.29, 0.717) is 0 Å². The molecule has 0 saturated carbocycles. The molecule has 0 radical (unpaired) electrons. The molecule has 3 N–H and O–H groups in total. The molecule has 0 spiro atoms. The lowest BCUT2D eigenvalue weighted by Gasteiger charge is -2.15. The number of hydrogen-bond donors (Lipinski definition) is 2. The van der Waals surface area contributed by atoms with Gasteiger partial charge >= 0.3 is 0 Å². The van der Waals surface area contributed by atoms with Crippen molar-refractivity contribution in [1.29, 1.82) is 0 Å². The Kier molecular flexibility index (Phi) is 6.29. The number of carbonyl (C=O) groups excluding carboxylic acids is 1. The summed E-state index contributed by atoms with van der Waals surface area (Å²) in [5.41, 5.74) is 6.77. The molecule has 2 atom stereocenters. The molecule has 1 aromatic rings. The summed E-state index contributed by atoms with van der Waals surface area (Å²) in [6.07, 6.45) is 3.03. The summed E-state index contributed by atoms with van der Waals surface area (Å²) in [5.74, 6) is -0.0679. The molecule has 102 valence electrons. The van der Waals surface area contributed by atoms with Crippen LogP contribution in [0.15, 0.2) is 5.38 Å². The normalized spacial score (nSPS) is 14.2. The lowest BCUT2D eigenvalue weighted by atomic mass is 10.0. The van der Waals surface area contributed by atoms with Crippen LogP contribution in [-0.2, 0) is 11.2 Å². The highest BCUT2D eigenvalue weighted by Gasteiger charge is 2.15. The zero-order chi connectivity index (χ0) is 13.5. The first-order valence-corrected chi connectivity index (χ1v) is 7.33. The molecule has 0 fully saturated rings. The summed E-state index contributed by atoms with van der Waals surface area (Å²) in [7, 11) is 0. The van der Waals surface area contributed by atoms with Crippen molar-refractivity contribution in [3.05, 3.63) is 16.1 Å². The van der Waals surface area contributed by atoms with Crippen molar-refractivity contribution < 1.29 is 4.79 Å². The molecule has 1 aromatic heterocycles. The predicted molar refractivity (Wildman–Crippen MR) is 75.6 cm³/mol. The van der Waals surface area contributed by atoms with E-state index < -0.39 is 0 Å². The number of nitrogens with two attached hydrogens (primary N) is 1. The van der Waals surface area contributed by atoms with Crippen LogP contribution in [0.25, 0.3) is 0 Å². The van der Waals surface area contributed by atoms with E-state index in [2.05, 4.69) is 15.7 Å². The van der Waals surface area contributed by atoms with Crippen LogP contribution in [0.4, 0.5) is 0 Å². The summed E-state index contributed by atoms with van der Waals surface area (Å²) < 4.78 is 0. The third-order valence-corrected chi connectivity index (χ3v) is 4.01. The first-order valence-electron chi connectivity index (χ1n) is 6.45. The van der Waals surface area contributed by atoms with Crippen molar-refractivity contribution >= 4 is 17.2 Å². The Morgan fingerprint density at radius 3 is 2.78 bits per heavy atom. The SMILES string of the molecule is Cc1csc(CCCCNC(=O)C(C)C(C)N)n1. The third-order valence-electron chi connectivity index (χ3n) is 2.99. The van der Waals surface area contributed by atoms with Crippen molar-refractivity contribution in [2.75, 3.05) is 6.54 Å². The zero-order valence-electron chi connectivity index (χ0n) is 11.4. The highest BCUT2D eigenvalue weighted by Crippen LogP contribution is 2.11. The van der Waals surface area contributed by atoms with E-state index in [0.717, 1.165) is 31.5 Å². The Morgan fingerprint density at radius 2 is 2.22 bits per heavy atom. The van der Waals surface area contributed by atoms with Gasteiger partial charge < -0.3 is 11.1 Å². The maximum atomic E-state index is 11.6. The van der Waals surface area contributed by atoms with Crippen LogP contribution >= 0.6 is 11.3 Å². The van der Waals surface area contributed by atoms with E-state index in [1.54, 1.807) is 11.3 Å². The molecular weight excluding hydrogens is 246 g/mol. The summed E-state index contributed by atoms with van der Waals surface area (Å²) in [6, 6.07) is -0.0942. The molecule has 1 heterocycles. The smallest absolute Gasteiger partial charge is 0.224 e. The van der Waals surface area contributed by atoms with Crippen LogP contribution < -0.4 is 11.1 Å². The van der Waals surface area contributed by atoms with Crippen LogP contribution in [-0.4, -0.2) is 23.5 Å². The maximum absolute atomic E-state index is 11.6. The van der Waals surface area contributed by atoms with Gasteiger partial charge in [-0.2, -0.15) is 0 Å². The number of nitrogens with zero attached hydrogens (tertiary/aromatic N) is 1. The van der Waals surface area contributed by atoms with Crippen LogP contribution in [0.1, 0.15) is 37.4 Å². The topological polar surface area (TPSA) is 68.0 Å². The number of amides is 1. The number of hydrogen-bond acceptors (Lipinski definition) is 4. The van der Waals surface area contributed by atoms with Gasteiger partial charge in [-0.1, -0.05) is 6.92 Å². The Labute approximate surface area is 113 Å². The molecule has 1 amide bonds. The minimum absolute atomic E-state index is 0.0510. The molecule has 4 nitrogen and oxygen atoms in total. The standard InChI is InChI=1S/C13H23N3OS/c1-9-8-18-12(16-9)6-4-5-7-15-13(17)10(2)11(3)14/h8,10-11H,4-7,14H2,1-3H3,(H,15,17). The molecule has 0 aliphatic rings. The van der Waals surface area contributed by atoms with Gasteiger partial charge in [-0.15, -0.1) is 11.3 Å². The lowest BCUT2D eigenvalue weighted by Crippen LogP contribution is -2.38. The average molecular weight is 269 g/mol. The molecule has 0 bridgehead atoms. The Morgan fingerprint density at radius 1 is 1.50 bits per heavy atom. The number of nitrogens with one attached hydrogen (secondary N) is 1. The maximum Gasteiger partial charge on any atom is 0.224 e. The van der Waals surface area contributed by atoms with Crippen LogP contribution in [0.3, 0.4) is 0 Å². The van der Waals surface area contributed by atoms with Crippen molar-refractivity contribution in [2.45, 2.75) is 46.1 Å². The van der Waals surface area contributed by atoms with Gasteiger partial charge in [0.05, 0.1) is 5.01 Å². The first-order chi connectivity index (χ1) is 8.50. The first kappa shape index (κ1) is 15.1. The van der Waals surface area contributed by atoms with Crippen molar-refractivity contribution in [3.8, 4) is 0 Å². The van der Waals surface area contributed by atoms with Crippen molar-refractivity contribution in [2.24, 2.45) is 11.7 Å². The molecular formula is C13H23N3OS. The molecule has 0 saturated heterocycles. The van der Waals surface area contributed by atoms with Gasteiger partial charge in [0.2, 0.25) is 5.91 Å². The van der Waals surface area contributed by atoms with Crippen LogP contribution in [0.2, 0.25) is 0 Å². The molecule has 2 unspecified atom stereocenters. The van der Waals surface area contributed by atoms with E-state index >= 15 is 0 Å². The van der Waals surface area contributed by atoms with Crippen molar-refractivity contribution in [3.63, 3.8) is 0 Å². The highest BCUT2D eigenvalue weighted by atomic mass is 32.1. The second-order valence-electron chi connectivity index (χ2n) is 4.78. The summed E-state index contributed by atoms with van der Waals surface area (Å²) >= 11 is 1.71. The second-order valence-corrected chi connectivity index (χ2v) is 5.72. The molecule has 1 rings (SSSR count). The third kappa shape index (κ3) is 5.14. The van der Waals surface area contributed by atoms with E-state index in [-0.39, 0.29) is 17.9 Å². The van der Waals surface area contributed by atoms with E-state index in [4.69, 9.17) is 5.73 Å². The minimum atomic E-state index is -0.119. The van der Waals surface area contributed by atoms with Crippen LogP contribution in [0, 0.1) is 12.8 Å². The van der Waals surface area contributed by atoms with E-state index in [1.165, 1.54) is 5.01 Å². The Balaban J connectivity index is 2.10. The number of rotatable bonds is 7. The van der Waals surface area contributed by atoms with Gasteiger partial charge in [0.25, 0.3) is 0 Å². The second kappa shape index (κ2) is 7.48. The van der Waals surface area contributed by atoms with Gasteiger partial charge in [0, 0.05) is 29.6 Å². The van der Waals surface area contributed by atoms with Crippen LogP contribution in [0.5, 0.6) is 0 Å². The largest absolute Gasteiger partial charge is 0.356 e. The fourth-order valence-electron chi connectivity index (χ4n) is 1.53. The molecule has 18 heavy (non-hydrogen) atoms. The van der Waals surface area contributed by atoms with Crippen molar-refractivity contribution in [1.82, 2.24) is 10.3 Å². The fraction of sp³-hybridized carbons (Fsp3) is 0.692. The van der Waals surface area contributed by atoms with E-state index in [1.807, 2.05) is 20.8 Å². The number of carbonyl (C=O) groups is 1. The summed E-state index contributed by atoms with van der Waals surface area (Å²) in [4.78, 5) is 16.0. The molecule has 0 aromatic carbocycles. The zero-order valence-corrected chi connectivity index (χ0v) is 12.2. The van der Waals surface area contributed by atoms with Gasteiger partial charge in [-0.05, 0) is 33.1 Å². The minimum Gasteiger partial charge on any atom is -0.356 e. The van der Waals surface area contributed by atoms with Gasteiger partial charge in [-0.3, -0.25) is 4.79 Å². The molecule has 0 aliphatic heterocycles. The number of aromatic nitrogens is 1. The fourth-order valence-corrected chi connectivity index (χ4v) is 2.35. The highest BCUT2D eigenvalue weighted by molar-refractivity contribution is 7.09. The van der Waals surface area contributed by atoms with Gasteiger partial charge in [0.15, 0.2) is 0 Å². The average Bonchev–Trinajstić information content (AvgIpc) is 2.73. The molecule has 5 heteroatoms. The summed E-state index contributed by atoms with van der Waals surface area (Å²) in [5, 5.41) is 6.17. The monoisotopic (exact) mass is 269 g/mol. The Hall–Kier alpha value is -0.940. The number of aryl methyl sites for hydroxylation is 2. The van der Waals surface area contributed by atoms with Gasteiger partial charge in [0.1, 0.15) is 0 Å². The Bertz CT molecular complexity index is 376.